The van der Waals surface area contributed by atoms with Crippen LogP contribution >= 0.6 is 31.9 Å². The molecule has 0 atom stereocenters. The van der Waals surface area contributed by atoms with Gasteiger partial charge in [-0.1, -0.05) is 56.1 Å². The van der Waals surface area contributed by atoms with Crippen molar-refractivity contribution in [1.82, 2.24) is 0 Å². The molecule has 10 heteroatoms. The Hall–Kier alpha value is -2.66. The van der Waals surface area contributed by atoms with Crippen LogP contribution < -0.4 is 8.37 Å². The van der Waals surface area contributed by atoms with Gasteiger partial charge in [0.2, 0.25) is 0 Å². The molecule has 0 fully saturated rings. The summed E-state index contributed by atoms with van der Waals surface area (Å²) < 4.78 is 62.1. The molecule has 0 spiro atoms. The Morgan fingerprint density at radius 3 is 1.03 bits per heavy atom. The second-order valence-electron chi connectivity index (χ2n) is 7.03. The SMILES string of the molecule is O=S(=O)(Oc1ccc(Br)cc1)c1ccc(-c2ccc(S(=O)(=O)Oc3ccc(Br)cc3)cc2)cc1. The first-order valence-electron chi connectivity index (χ1n) is 9.73. The van der Waals surface area contributed by atoms with E-state index in [4.69, 9.17) is 8.37 Å². The van der Waals surface area contributed by atoms with Gasteiger partial charge in [-0.3, -0.25) is 0 Å². The summed E-state index contributed by atoms with van der Waals surface area (Å²) in [6.45, 7) is 0. The van der Waals surface area contributed by atoms with Gasteiger partial charge in [-0.2, -0.15) is 16.8 Å². The summed E-state index contributed by atoms with van der Waals surface area (Å²) >= 11 is 6.57. The third-order valence-electron chi connectivity index (χ3n) is 4.66. The Kier molecular flexibility index (Phi) is 7.13. The van der Waals surface area contributed by atoms with E-state index in [1.54, 1.807) is 72.8 Å². The van der Waals surface area contributed by atoms with Crippen LogP contribution in [0.2, 0.25) is 0 Å². The maximum atomic E-state index is 12.5. The third-order valence-corrected chi connectivity index (χ3v) is 8.24. The van der Waals surface area contributed by atoms with Crippen molar-refractivity contribution in [3.63, 3.8) is 0 Å². The number of hydrogen-bond acceptors (Lipinski definition) is 6. The lowest BCUT2D eigenvalue weighted by atomic mass is 10.1. The highest BCUT2D eigenvalue weighted by Crippen LogP contribution is 2.27. The van der Waals surface area contributed by atoms with Crippen molar-refractivity contribution in [2.45, 2.75) is 9.79 Å². The smallest absolute Gasteiger partial charge is 0.339 e. The summed E-state index contributed by atoms with van der Waals surface area (Å²) in [4.78, 5) is 0.00234. The van der Waals surface area contributed by atoms with E-state index in [2.05, 4.69) is 31.9 Å². The fourth-order valence-electron chi connectivity index (χ4n) is 2.96. The number of halogens is 2. The molecule has 0 bridgehead atoms. The molecule has 0 aliphatic carbocycles. The van der Waals surface area contributed by atoms with Gasteiger partial charge in [0.1, 0.15) is 21.3 Å². The van der Waals surface area contributed by atoms with Crippen LogP contribution in [0.3, 0.4) is 0 Å². The molecule has 0 N–H and O–H groups in total. The van der Waals surface area contributed by atoms with Gasteiger partial charge in [-0.25, -0.2) is 0 Å². The minimum absolute atomic E-state index is 0.00117. The van der Waals surface area contributed by atoms with Crippen LogP contribution in [0.5, 0.6) is 11.5 Å². The van der Waals surface area contributed by atoms with Gasteiger partial charge in [-0.05, 0) is 83.9 Å². The van der Waals surface area contributed by atoms with Crippen LogP contribution in [0.4, 0.5) is 0 Å². The molecule has 0 saturated heterocycles. The molecule has 0 unspecified atom stereocenters. The highest BCUT2D eigenvalue weighted by Gasteiger charge is 2.18. The predicted molar refractivity (Wildman–Crippen MR) is 136 cm³/mol. The lowest BCUT2D eigenvalue weighted by Crippen LogP contribution is -2.09. The molecular weight excluding hydrogens is 608 g/mol. The topological polar surface area (TPSA) is 86.7 Å². The van der Waals surface area contributed by atoms with Crippen molar-refractivity contribution in [1.29, 1.82) is 0 Å². The summed E-state index contributed by atoms with van der Waals surface area (Å²) in [5.41, 5.74) is 1.42. The first kappa shape index (κ1) is 24.5. The monoisotopic (exact) mass is 622 g/mol. The molecule has 0 heterocycles. The van der Waals surface area contributed by atoms with Gasteiger partial charge in [-0.15, -0.1) is 0 Å². The summed E-state index contributed by atoms with van der Waals surface area (Å²) in [5.74, 6) is 0.406. The van der Waals surface area contributed by atoms with E-state index in [9.17, 15) is 16.8 Å². The highest BCUT2D eigenvalue weighted by atomic mass is 79.9. The molecular formula is C24H16Br2O6S2. The lowest BCUT2D eigenvalue weighted by Gasteiger charge is -2.09. The number of benzene rings is 4. The van der Waals surface area contributed by atoms with Crippen molar-refractivity contribution in [3.8, 4) is 22.6 Å². The van der Waals surface area contributed by atoms with E-state index in [-0.39, 0.29) is 21.3 Å². The Bertz CT molecular complexity index is 1380. The van der Waals surface area contributed by atoms with Gasteiger partial charge in [0, 0.05) is 8.95 Å². The van der Waals surface area contributed by atoms with Crippen molar-refractivity contribution in [2.24, 2.45) is 0 Å². The molecule has 4 rings (SSSR count). The molecule has 0 aromatic heterocycles. The lowest BCUT2D eigenvalue weighted by molar-refractivity contribution is 0.484. The second kappa shape index (κ2) is 9.91. The highest BCUT2D eigenvalue weighted by molar-refractivity contribution is 9.10. The fourth-order valence-corrected chi connectivity index (χ4v) is 5.35. The van der Waals surface area contributed by atoms with E-state index < -0.39 is 20.2 Å². The van der Waals surface area contributed by atoms with Gasteiger partial charge in [0.15, 0.2) is 0 Å². The average Bonchev–Trinajstić information content (AvgIpc) is 2.82. The zero-order valence-corrected chi connectivity index (χ0v) is 22.1. The van der Waals surface area contributed by atoms with E-state index >= 15 is 0 Å². The quantitative estimate of drug-likeness (QED) is 0.221. The third kappa shape index (κ3) is 5.87. The predicted octanol–water partition coefficient (Wildman–Crippen LogP) is 6.41. The minimum Gasteiger partial charge on any atom is -0.379 e. The first-order chi connectivity index (χ1) is 16.1. The van der Waals surface area contributed by atoms with Gasteiger partial charge in [0.25, 0.3) is 0 Å². The molecule has 0 saturated carbocycles. The summed E-state index contributed by atoms with van der Waals surface area (Å²) in [6, 6.07) is 25.2. The summed E-state index contributed by atoms with van der Waals surface area (Å²) in [7, 11) is -8.00. The van der Waals surface area contributed by atoms with Crippen LogP contribution in [-0.4, -0.2) is 16.8 Å². The molecule has 174 valence electrons. The van der Waals surface area contributed by atoms with Crippen molar-refractivity contribution in [2.75, 3.05) is 0 Å². The number of rotatable bonds is 7. The van der Waals surface area contributed by atoms with Gasteiger partial charge in [0.05, 0.1) is 0 Å². The summed E-state index contributed by atoms with van der Waals surface area (Å²) in [5, 5.41) is 0. The largest absolute Gasteiger partial charge is 0.379 e. The first-order valence-corrected chi connectivity index (χ1v) is 14.1. The van der Waals surface area contributed by atoms with Gasteiger partial charge >= 0.3 is 20.2 Å². The minimum atomic E-state index is -4.00. The molecule has 4 aromatic rings. The van der Waals surface area contributed by atoms with Crippen molar-refractivity contribution < 1.29 is 25.2 Å². The van der Waals surface area contributed by atoms with Crippen LogP contribution in [0.25, 0.3) is 11.1 Å². The molecule has 4 aromatic carbocycles. The van der Waals surface area contributed by atoms with E-state index in [1.165, 1.54) is 24.3 Å². The Labute approximate surface area is 214 Å². The maximum absolute atomic E-state index is 12.5. The molecule has 0 amide bonds. The molecule has 0 radical (unpaired) electrons. The van der Waals surface area contributed by atoms with Crippen LogP contribution in [0.15, 0.2) is 116 Å². The average molecular weight is 624 g/mol. The van der Waals surface area contributed by atoms with Crippen LogP contribution in [0.1, 0.15) is 0 Å². The van der Waals surface area contributed by atoms with Crippen molar-refractivity contribution >= 4 is 52.1 Å². The van der Waals surface area contributed by atoms with Gasteiger partial charge < -0.3 is 8.37 Å². The van der Waals surface area contributed by atoms with E-state index in [0.717, 1.165) is 8.95 Å². The molecule has 6 nitrogen and oxygen atoms in total. The number of hydrogen-bond donors (Lipinski definition) is 0. The fraction of sp³-hybridized carbons (Fsp3) is 0. The molecule has 0 aliphatic rings. The van der Waals surface area contributed by atoms with Crippen LogP contribution in [0, 0.1) is 0 Å². The Morgan fingerprint density at radius 2 is 0.735 bits per heavy atom. The maximum Gasteiger partial charge on any atom is 0.339 e. The second-order valence-corrected chi connectivity index (χ2v) is 12.0. The standard InChI is InChI=1S/C24H16Br2O6S2/c25-19-5-9-21(10-6-19)31-33(27,28)23-13-1-17(2-14-23)18-3-15-24(16-4-18)34(29,30)32-22-11-7-20(26)8-12-22/h1-16H. The Morgan fingerprint density at radius 1 is 0.441 bits per heavy atom. The molecule has 34 heavy (non-hydrogen) atoms. The zero-order chi connectivity index (χ0) is 24.3. The zero-order valence-electron chi connectivity index (χ0n) is 17.3. The van der Waals surface area contributed by atoms with E-state index in [0.29, 0.717) is 11.1 Å². The summed E-state index contributed by atoms with van der Waals surface area (Å²) in [6.07, 6.45) is 0. The normalized spacial score (nSPS) is 11.7. The Balaban J connectivity index is 1.49. The molecule has 0 aliphatic heterocycles. The van der Waals surface area contributed by atoms with Crippen LogP contribution in [-0.2, 0) is 20.2 Å². The van der Waals surface area contributed by atoms with Crippen molar-refractivity contribution in [3.05, 3.63) is 106 Å². The van der Waals surface area contributed by atoms with E-state index in [1.807, 2.05) is 0 Å².